The van der Waals surface area contributed by atoms with Gasteiger partial charge in [0.2, 0.25) is 8.24 Å². The fourth-order valence-electron chi connectivity index (χ4n) is 4.35. The maximum atomic E-state index is 4.17. The normalized spacial score (nSPS) is 15.8. The number of rotatable bonds is 4. The summed E-state index contributed by atoms with van der Waals surface area (Å²) < 4.78 is 0. The molecule has 2 aromatic rings. The van der Waals surface area contributed by atoms with Gasteiger partial charge in [0, 0.05) is 5.54 Å². The van der Waals surface area contributed by atoms with Gasteiger partial charge in [-0.15, -0.1) is 0 Å². The van der Waals surface area contributed by atoms with Crippen LogP contribution in [0.1, 0.15) is 48.0 Å². The zero-order valence-corrected chi connectivity index (χ0v) is 18.0. The van der Waals surface area contributed by atoms with Crippen LogP contribution in [-0.4, -0.2) is 13.8 Å². The van der Waals surface area contributed by atoms with Crippen LogP contribution in [0.25, 0.3) is 0 Å². The highest BCUT2D eigenvalue weighted by Gasteiger charge is 2.46. The molecule has 0 heterocycles. The summed E-state index contributed by atoms with van der Waals surface area (Å²) in [5, 5.41) is 4.44. The third-order valence-electron chi connectivity index (χ3n) is 5.32. The predicted molar refractivity (Wildman–Crippen MR) is 116 cm³/mol. The second-order valence-corrected chi connectivity index (χ2v) is 12.0. The van der Waals surface area contributed by atoms with Crippen molar-refractivity contribution in [1.82, 2.24) is 4.98 Å². The average Bonchev–Trinajstić information content (AvgIpc) is 2.86. The first kappa shape index (κ1) is 18.9. The highest BCUT2D eigenvalue weighted by Crippen LogP contribution is 2.37. The Morgan fingerprint density at radius 1 is 0.731 bits per heavy atom. The van der Waals surface area contributed by atoms with Gasteiger partial charge in [0.05, 0.1) is 0 Å². The van der Waals surface area contributed by atoms with Crippen molar-refractivity contribution >= 4 is 18.6 Å². The van der Waals surface area contributed by atoms with Crippen LogP contribution in [0, 0.1) is 0 Å². The maximum absolute atomic E-state index is 4.17. The predicted octanol–water partition coefficient (Wildman–Crippen LogP) is 4.73. The molecule has 1 nitrogen and oxygen atoms in total. The Morgan fingerprint density at radius 3 is 1.54 bits per heavy atom. The lowest BCUT2D eigenvalue weighted by atomic mass is 10.1. The molecule has 0 saturated carbocycles. The van der Waals surface area contributed by atoms with Gasteiger partial charge in [0.15, 0.2) is 0 Å². The summed E-state index contributed by atoms with van der Waals surface area (Å²) in [6.45, 7) is 13.8. The van der Waals surface area contributed by atoms with Crippen molar-refractivity contribution < 1.29 is 0 Å². The number of allylic oxidation sites excluding steroid dienone is 4. The molecule has 0 unspecified atom stereocenters. The molecule has 1 N–H and O–H groups in total. The average molecular weight is 362 g/mol. The summed E-state index contributed by atoms with van der Waals surface area (Å²) in [6.07, 6.45) is 1.10. The fraction of sp³-hybridized carbons (Fsp3) is 0.333. The quantitative estimate of drug-likeness (QED) is 0.776. The minimum atomic E-state index is -2.35. The first-order valence-corrected chi connectivity index (χ1v) is 11.5. The molecular formula is C24H31NSi. The van der Waals surface area contributed by atoms with Crippen LogP contribution in [0.2, 0.25) is 0 Å². The van der Waals surface area contributed by atoms with Crippen molar-refractivity contribution in [3.8, 4) is 0 Å². The van der Waals surface area contributed by atoms with Crippen molar-refractivity contribution in [3.63, 3.8) is 0 Å². The Hall–Kier alpha value is -1.90. The first-order valence-electron chi connectivity index (χ1n) is 9.53. The van der Waals surface area contributed by atoms with E-state index >= 15 is 0 Å². The van der Waals surface area contributed by atoms with Crippen LogP contribution in [0.3, 0.4) is 0 Å². The molecule has 0 radical (unpaired) electrons. The summed E-state index contributed by atoms with van der Waals surface area (Å²) in [7, 11) is -2.35. The Bertz CT molecular complexity index is 799. The third kappa shape index (κ3) is 3.36. The maximum Gasteiger partial charge on any atom is 0.222 e. The van der Waals surface area contributed by atoms with Gasteiger partial charge in [0.25, 0.3) is 0 Å². The first-order chi connectivity index (χ1) is 12.3. The lowest BCUT2D eigenvalue weighted by molar-refractivity contribution is 0.517. The fourth-order valence-corrected chi connectivity index (χ4v) is 9.69. The standard InChI is InChI=1S/C24H31NSi/c1-18-17-19(2)23(20(18)3)26(25-24(4,5)6,21-13-9-7-10-14-21)22-15-11-8-12-16-22/h7-16,25H,17H2,1-6H3. The lowest BCUT2D eigenvalue weighted by Crippen LogP contribution is -2.74. The van der Waals surface area contributed by atoms with Gasteiger partial charge < -0.3 is 4.98 Å². The van der Waals surface area contributed by atoms with E-state index in [4.69, 9.17) is 0 Å². The van der Waals surface area contributed by atoms with Gasteiger partial charge in [-0.2, -0.15) is 0 Å². The van der Waals surface area contributed by atoms with Crippen LogP contribution in [-0.2, 0) is 0 Å². The van der Waals surface area contributed by atoms with Crippen molar-refractivity contribution in [1.29, 1.82) is 0 Å². The smallest absolute Gasteiger partial charge is 0.222 e. The molecular weight excluding hydrogens is 330 g/mol. The molecule has 2 aromatic carbocycles. The van der Waals surface area contributed by atoms with Crippen molar-refractivity contribution in [2.24, 2.45) is 0 Å². The molecule has 0 bridgehead atoms. The van der Waals surface area contributed by atoms with E-state index in [9.17, 15) is 0 Å². The Labute approximate surface area is 159 Å². The van der Waals surface area contributed by atoms with Crippen LogP contribution < -0.4 is 15.4 Å². The molecule has 0 atom stereocenters. The summed E-state index contributed by atoms with van der Waals surface area (Å²) in [5.74, 6) is 0. The monoisotopic (exact) mass is 361 g/mol. The van der Waals surface area contributed by atoms with E-state index in [0.29, 0.717) is 0 Å². The number of benzene rings is 2. The molecule has 0 fully saturated rings. The molecule has 1 aliphatic carbocycles. The minimum Gasteiger partial charge on any atom is -0.322 e. The molecule has 136 valence electrons. The lowest BCUT2D eigenvalue weighted by Gasteiger charge is -2.42. The van der Waals surface area contributed by atoms with E-state index in [2.05, 4.69) is 107 Å². The van der Waals surface area contributed by atoms with E-state index in [1.54, 1.807) is 5.20 Å². The van der Waals surface area contributed by atoms with Crippen molar-refractivity contribution in [3.05, 3.63) is 82.6 Å². The van der Waals surface area contributed by atoms with Gasteiger partial charge >= 0.3 is 0 Å². The largest absolute Gasteiger partial charge is 0.322 e. The van der Waals surface area contributed by atoms with Crippen molar-refractivity contribution in [2.75, 3.05) is 0 Å². The Kier molecular flexibility index (Phi) is 5.09. The molecule has 1 aliphatic rings. The molecule has 0 spiro atoms. The highest BCUT2D eigenvalue weighted by molar-refractivity contribution is 7.06. The molecule has 0 aliphatic heterocycles. The third-order valence-corrected chi connectivity index (χ3v) is 10.4. The van der Waals surface area contributed by atoms with Crippen LogP contribution in [0.5, 0.6) is 0 Å². The zero-order valence-electron chi connectivity index (χ0n) is 17.0. The summed E-state index contributed by atoms with van der Waals surface area (Å²) in [6, 6.07) is 22.2. The van der Waals surface area contributed by atoms with Crippen LogP contribution >= 0.6 is 0 Å². The highest BCUT2D eigenvalue weighted by atomic mass is 28.3. The number of nitrogens with one attached hydrogen (secondary N) is 1. The minimum absolute atomic E-state index is 0.0158. The van der Waals surface area contributed by atoms with E-state index in [1.165, 1.54) is 27.1 Å². The van der Waals surface area contributed by atoms with Gasteiger partial charge in [0.1, 0.15) is 0 Å². The number of hydrogen-bond donors (Lipinski definition) is 1. The molecule has 26 heavy (non-hydrogen) atoms. The topological polar surface area (TPSA) is 12.0 Å². The Morgan fingerprint density at radius 2 is 1.19 bits per heavy atom. The van der Waals surface area contributed by atoms with E-state index in [0.717, 1.165) is 6.42 Å². The number of hydrogen-bond acceptors (Lipinski definition) is 1. The Balaban J connectivity index is 2.39. The molecule has 3 rings (SSSR count). The summed E-state index contributed by atoms with van der Waals surface area (Å²) >= 11 is 0. The molecule has 2 heteroatoms. The van der Waals surface area contributed by atoms with E-state index in [-0.39, 0.29) is 5.54 Å². The van der Waals surface area contributed by atoms with E-state index < -0.39 is 8.24 Å². The molecule has 0 aromatic heterocycles. The van der Waals surface area contributed by atoms with Crippen molar-refractivity contribution in [2.45, 2.75) is 53.5 Å². The summed E-state index contributed by atoms with van der Waals surface area (Å²) in [5.41, 5.74) is 4.54. The molecule has 0 saturated heterocycles. The van der Waals surface area contributed by atoms with E-state index in [1.807, 2.05) is 0 Å². The van der Waals surface area contributed by atoms with Crippen LogP contribution in [0.4, 0.5) is 0 Å². The molecule has 0 amide bonds. The van der Waals surface area contributed by atoms with Gasteiger partial charge in [-0.3, -0.25) is 0 Å². The SMILES string of the molecule is CC1=C(C)C([Si](NC(C)(C)C)(c2ccccc2)c2ccccc2)=C(C)C1. The van der Waals surface area contributed by atoms with Gasteiger partial charge in [-0.05, 0) is 63.5 Å². The van der Waals surface area contributed by atoms with Gasteiger partial charge in [-0.1, -0.05) is 77.4 Å². The second-order valence-electron chi connectivity index (χ2n) is 8.59. The van der Waals surface area contributed by atoms with Gasteiger partial charge in [-0.25, -0.2) is 0 Å². The zero-order chi connectivity index (χ0) is 18.9. The summed E-state index contributed by atoms with van der Waals surface area (Å²) in [4.78, 5) is 4.17. The van der Waals surface area contributed by atoms with Crippen LogP contribution in [0.15, 0.2) is 82.6 Å². The second kappa shape index (κ2) is 7.01.